The Labute approximate surface area is 173 Å². The molecule has 2 aromatic carbocycles. The van der Waals surface area contributed by atoms with Crippen LogP contribution in [0, 0.1) is 18.8 Å². The highest BCUT2D eigenvalue weighted by molar-refractivity contribution is 7.92. The number of amides is 1. The molecule has 0 radical (unpaired) electrons. The summed E-state index contributed by atoms with van der Waals surface area (Å²) >= 11 is 0. The van der Waals surface area contributed by atoms with Gasteiger partial charge in [-0.1, -0.05) is 47.7 Å². The van der Waals surface area contributed by atoms with Crippen LogP contribution in [0.15, 0.2) is 53.9 Å². The normalized spacial score (nSPS) is 11.7. The fraction of sp³-hybridized carbons (Fsp3) is 0.190. The summed E-state index contributed by atoms with van der Waals surface area (Å²) in [6.45, 7) is 1.27. The zero-order chi connectivity index (χ0) is 22.2. The van der Waals surface area contributed by atoms with Gasteiger partial charge in [-0.15, -0.1) is 0 Å². The van der Waals surface area contributed by atoms with E-state index in [1.165, 1.54) is 18.2 Å². The number of carbonyl (C=O) groups is 1. The molecule has 0 atom stereocenters. The van der Waals surface area contributed by atoms with E-state index in [9.17, 15) is 26.4 Å². The fourth-order valence-corrected chi connectivity index (χ4v) is 2.95. The van der Waals surface area contributed by atoms with E-state index in [0.717, 1.165) is 23.1 Å². The lowest BCUT2D eigenvalue weighted by molar-refractivity contribution is -0.137. The Kier molecular flexibility index (Phi) is 7.80. The van der Waals surface area contributed by atoms with E-state index in [4.69, 9.17) is 0 Å². The van der Waals surface area contributed by atoms with Gasteiger partial charge in [-0.25, -0.2) is 13.1 Å². The summed E-state index contributed by atoms with van der Waals surface area (Å²) in [6.07, 6.45) is -3.06. The lowest BCUT2D eigenvalue weighted by atomic mass is 10.1. The minimum atomic E-state index is -4.46. The molecule has 30 heavy (non-hydrogen) atoms. The van der Waals surface area contributed by atoms with Crippen molar-refractivity contribution in [1.82, 2.24) is 10.0 Å². The van der Waals surface area contributed by atoms with Crippen molar-refractivity contribution in [2.24, 2.45) is 0 Å². The molecule has 1 amide bonds. The van der Waals surface area contributed by atoms with Crippen LogP contribution >= 0.6 is 0 Å². The zero-order valence-electron chi connectivity index (χ0n) is 16.0. The van der Waals surface area contributed by atoms with Crippen molar-refractivity contribution in [3.8, 4) is 11.8 Å². The standard InChI is InChI=1S/C21H19F3N2O3S/c1-16-7-9-17(10-8-16)11-13-30(28,29)26-15-20(27)25-12-3-5-18-4-2-6-19(14-18)21(22,23)24/h2,4,6-11,13-14,26H,12,15H2,1H3,(H,25,27)/b13-11-. The van der Waals surface area contributed by atoms with E-state index >= 15 is 0 Å². The maximum Gasteiger partial charge on any atom is 0.416 e. The highest BCUT2D eigenvalue weighted by Gasteiger charge is 2.30. The lowest BCUT2D eigenvalue weighted by Gasteiger charge is -2.05. The third-order valence-corrected chi connectivity index (χ3v) is 4.79. The van der Waals surface area contributed by atoms with Crippen LogP contribution in [-0.2, 0) is 21.0 Å². The molecule has 0 aliphatic carbocycles. The molecule has 158 valence electrons. The Morgan fingerprint density at radius 1 is 1.13 bits per heavy atom. The maximum absolute atomic E-state index is 12.6. The summed E-state index contributed by atoms with van der Waals surface area (Å²) in [5, 5.41) is 3.32. The van der Waals surface area contributed by atoms with E-state index < -0.39 is 34.2 Å². The summed E-state index contributed by atoms with van der Waals surface area (Å²) in [7, 11) is -3.81. The molecule has 0 saturated carbocycles. The van der Waals surface area contributed by atoms with Crippen LogP contribution in [0.25, 0.3) is 6.08 Å². The molecular formula is C21H19F3N2O3S. The Morgan fingerprint density at radius 2 is 1.83 bits per heavy atom. The molecule has 0 fully saturated rings. The molecule has 0 heterocycles. The van der Waals surface area contributed by atoms with Gasteiger partial charge in [0, 0.05) is 11.0 Å². The quantitative estimate of drug-likeness (QED) is 0.684. The van der Waals surface area contributed by atoms with Gasteiger partial charge in [0.15, 0.2) is 0 Å². The first kappa shape index (κ1) is 23.2. The summed E-state index contributed by atoms with van der Waals surface area (Å²) in [5.41, 5.74) is 1.08. The molecule has 0 bridgehead atoms. The van der Waals surface area contributed by atoms with Gasteiger partial charge in [-0.2, -0.15) is 13.2 Å². The third kappa shape index (κ3) is 8.11. The second-order valence-corrected chi connectivity index (χ2v) is 7.89. The summed E-state index contributed by atoms with van der Waals surface area (Å²) in [6, 6.07) is 11.7. The molecule has 0 aliphatic rings. The number of hydrogen-bond acceptors (Lipinski definition) is 3. The molecule has 0 aromatic heterocycles. The largest absolute Gasteiger partial charge is 0.416 e. The van der Waals surface area contributed by atoms with Crippen molar-refractivity contribution in [3.63, 3.8) is 0 Å². The van der Waals surface area contributed by atoms with Gasteiger partial charge in [0.1, 0.15) is 0 Å². The van der Waals surface area contributed by atoms with E-state index in [0.29, 0.717) is 5.56 Å². The fourth-order valence-electron chi connectivity index (χ4n) is 2.18. The number of hydrogen-bond donors (Lipinski definition) is 2. The number of benzene rings is 2. The van der Waals surface area contributed by atoms with E-state index in [1.807, 2.05) is 19.1 Å². The summed E-state index contributed by atoms with van der Waals surface area (Å²) in [5.74, 6) is 4.41. The van der Waals surface area contributed by atoms with E-state index in [1.54, 1.807) is 12.1 Å². The number of sulfonamides is 1. The van der Waals surface area contributed by atoms with Crippen molar-refractivity contribution in [1.29, 1.82) is 0 Å². The van der Waals surface area contributed by atoms with Crippen molar-refractivity contribution >= 4 is 22.0 Å². The van der Waals surface area contributed by atoms with Gasteiger partial charge >= 0.3 is 6.18 Å². The molecule has 9 heteroatoms. The van der Waals surface area contributed by atoms with Crippen LogP contribution in [0.1, 0.15) is 22.3 Å². The monoisotopic (exact) mass is 436 g/mol. The number of rotatable bonds is 6. The van der Waals surface area contributed by atoms with Crippen LogP contribution in [0.2, 0.25) is 0 Å². The highest BCUT2D eigenvalue weighted by Crippen LogP contribution is 2.29. The molecule has 0 aliphatic heterocycles. The molecule has 2 rings (SSSR count). The van der Waals surface area contributed by atoms with Crippen LogP contribution in [0.4, 0.5) is 13.2 Å². The van der Waals surface area contributed by atoms with Gasteiger partial charge in [0.05, 0.1) is 18.7 Å². The summed E-state index contributed by atoms with van der Waals surface area (Å²) < 4.78 is 63.9. The van der Waals surface area contributed by atoms with Gasteiger partial charge in [0.25, 0.3) is 0 Å². The van der Waals surface area contributed by atoms with Crippen LogP contribution in [0.3, 0.4) is 0 Å². The molecule has 0 spiro atoms. The van der Waals surface area contributed by atoms with Crippen LogP contribution in [-0.4, -0.2) is 27.4 Å². The van der Waals surface area contributed by atoms with Crippen molar-refractivity contribution in [2.75, 3.05) is 13.1 Å². The van der Waals surface area contributed by atoms with Crippen LogP contribution in [0.5, 0.6) is 0 Å². The van der Waals surface area contributed by atoms with Gasteiger partial charge in [-0.3, -0.25) is 4.79 Å². The van der Waals surface area contributed by atoms with Gasteiger partial charge < -0.3 is 5.32 Å². The molecule has 5 nitrogen and oxygen atoms in total. The van der Waals surface area contributed by atoms with Gasteiger partial charge in [-0.05, 0) is 36.8 Å². The first-order valence-corrected chi connectivity index (χ1v) is 10.3. The molecule has 0 saturated heterocycles. The summed E-state index contributed by atoms with van der Waals surface area (Å²) in [4.78, 5) is 11.7. The maximum atomic E-state index is 12.6. The average Bonchev–Trinajstić information content (AvgIpc) is 2.69. The van der Waals surface area contributed by atoms with E-state index in [-0.39, 0.29) is 12.1 Å². The number of carbonyl (C=O) groups excluding carboxylic acids is 1. The predicted octanol–water partition coefficient (Wildman–Crippen LogP) is 3.07. The van der Waals surface area contributed by atoms with Gasteiger partial charge in [0.2, 0.25) is 15.9 Å². The molecular weight excluding hydrogens is 417 g/mol. The predicted molar refractivity (Wildman–Crippen MR) is 108 cm³/mol. The molecule has 0 unspecified atom stereocenters. The average molecular weight is 436 g/mol. The first-order chi connectivity index (χ1) is 14.0. The SMILES string of the molecule is Cc1ccc(/C=C\S(=O)(=O)NCC(=O)NCC#Cc2cccc(C(F)(F)F)c2)cc1. The second-order valence-electron chi connectivity index (χ2n) is 6.24. The zero-order valence-corrected chi connectivity index (χ0v) is 16.8. The Hall–Kier alpha value is -3.09. The van der Waals surface area contributed by atoms with E-state index in [2.05, 4.69) is 21.9 Å². The van der Waals surface area contributed by atoms with Crippen LogP contribution < -0.4 is 10.0 Å². The number of halogens is 3. The molecule has 2 aromatic rings. The number of aryl methyl sites for hydroxylation is 1. The minimum absolute atomic E-state index is 0.143. The lowest BCUT2D eigenvalue weighted by Crippen LogP contribution is -2.36. The Bertz CT molecular complexity index is 1080. The topological polar surface area (TPSA) is 75.3 Å². The minimum Gasteiger partial charge on any atom is -0.344 e. The number of alkyl halides is 3. The third-order valence-electron chi connectivity index (χ3n) is 3.75. The Balaban J connectivity index is 1.81. The van der Waals surface area contributed by atoms with Crippen molar-refractivity contribution in [3.05, 3.63) is 76.2 Å². The smallest absolute Gasteiger partial charge is 0.344 e. The van der Waals surface area contributed by atoms with Crippen molar-refractivity contribution in [2.45, 2.75) is 13.1 Å². The molecule has 2 N–H and O–H groups in total. The second kappa shape index (κ2) is 10.1. The van der Waals surface area contributed by atoms with Crippen molar-refractivity contribution < 1.29 is 26.4 Å². The highest BCUT2D eigenvalue weighted by atomic mass is 32.2. The first-order valence-electron chi connectivity index (χ1n) is 8.72. The Morgan fingerprint density at radius 3 is 2.50 bits per heavy atom. The number of nitrogens with one attached hydrogen (secondary N) is 2.